The molecule has 2 aromatic rings. The number of pyridine rings is 1. The third-order valence-electron chi connectivity index (χ3n) is 2.55. The molecule has 0 saturated heterocycles. The van der Waals surface area contributed by atoms with Gasteiger partial charge in [0.2, 0.25) is 0 Å². The van der Waals surface area contributed by atoms with Crippen molar-refractivity contribution in [3.63, 3.8) is 0 Å². The molecular weight excluding hydrogens is 174 g/mol. The summed E-state index contributed by atoms with van der Waals surface area (Å²) in [6, 6.07) is 4.07. The fraction of sp³-hybridized carbons (Fsp3) is 0.455. The van der Waals surface area contributed by atoms with E-state index in [0.717, 1.165) is 17.9 Å². The van der Waals surface area contributed by atoms with E-state index in [-0.39, 0.29) is 0 Å². The van der Waals surface area contributed by atoms with Crippen LogP contribution in [0.4, 0.5) is 0 Å². The van der Waals surface area contributed by atoms with Crippen LogP contribution >= 0.6 is 0 Å². The summed E-state index contributed by atoms with van der Waals surface area (Å²) in [6.07, 6.45) is 3.09. The van der Waals surface area contributed by atoms with Crippen LogP contribution < -0.4 is 0 Å². The minimum absolute atomic E-state index is 0.440. The highest BCUT2D eigenvalue weighted by Gasteiger charge is 2.09. The van der Waals surface area contributed by atoms with Crippen LogP contribution in [0.5, 0.6) is 0 Å². The maximum absolute atomic E-state index is 4.48. The third-order valence-corrected chi connectivity index (χ3v) is 2.55. The van der Waals surface area contributed by atoms with Crippen LogP contribution in [0.25, 0.3) is 5.65 Å². The van der Waals surface area contributed by atoms with Gasteiger partial charge in [0, 0.05) is 12.1 Å². The second kappa shape index (κ2) is 3.40. The van der Waals surface area contributed by atoms with Crippen molar-refractivity contribution >= 4 is 5.65 Å². The molecular formula is C11H15N3. The zero-order chi connectivity index (χ0) is 10.1. The summed E-state index contributed by atoms with van der Waals surface area (Å²) in [5.74, 6) is 1.38. The molecule has 2 heterocycles. The normalized spacial score (nSPS) is 13.4. The third kappa shape index (κ3) is 1.50. The number of hydrogen-bond acceptors (Lipinski definition) is 2. The van der Waals surface area contributed by atoms with E-state index >= 15 is 0 Å². The van der Waals surface area contributed by atoms with Gasteiger partial charge in [-0.3, -0.25) is 0 Å². The molecule has 74 valence electrons. The standard InChI is InChI=1S/C11H15N3/c1-4-9(3)11-12-10-6-5-8(2)7-14(10)13-11/h5-7,9H,4H2,1-3H3. The van der Waals surface area contributed by atoms with Gasteiger partial charge in [0.25, 0.3) is 0 Å². The predicted octanol–water partition coefficient (Wildman–Crippen LogP) is 2.55. The van der Waals surface area contributed by atoms with Crippen molar-refractivity contribution in [1.82, 2.24) is 14.6 Å². The molecule has 0 N–H and O–H groups in total. The first-order valence-corrected chi connectivity index (χ1v) is 5.03. The summed E-state index contributed by atoms with van der Waals surface area (Å²) < 4.78 is 1.86. The molecule has 0 saturated carbocycles. The van der Waals surface area contributed by atoms with E-state index in [0.29, 0.717) is 5.92 Å². The Kier molecular flexibility index (Phi) is 2.23. The molecule has 2 rings (SSSR count). The van der Waals surface area contributed by atoms with Gasteiger partial charge in [-0.25, -0.2) is 9.50 Å². The number of hydrogen-bond donors (Lipinski definition) is 0. The van der Waals surface area contributed by atoms with Gasteiger partial charge in [-0.05, 0) is 25.0 Å². The monoisotopic (exact) mass is 189 g/mol. The Bertz CT molecular complexity index is 445. The van der Waals surface area contributed by atoms with Crippen molar-refractivity contribution < 1.29 is 0 Å². The van der Waals surface area contributed by atoms with Gasteiger partial charge >= 0.3 is 0 Å². The summed E-state index contributed by atoms with van der Waals surface area (Å²) in [5.41, 5.74) is 2.14. The Labute approximate surface area is 83.8 Å². The van der Waals surface area contributed by atoms with Gasteiger partial charge in [-0.2, -0.15) is 5.10 Å². The van der Waals surface area contributed by atoms with Crippen LogP contribution in [0.2, 0.25) is 0 Å². The maximum atomic E-state index is 4.48. The van der Waals surface area contributed by atoms with Crippen molar-refractivity contribution in [2.75, 3.05) is 0 Å². The molecule has 0 aromatic carbocycles. The van der Waals surface area contributed by atoms with Crippen molar-refractivity contribution in [1.29, 1.82) is 0 Å². The van der Waals surface area contributed by atoms with Crippen molar-refractivity contribution in [2.24, 2.45) is 0 Å². The highest BCUT2D eigenvalue weighted by molar-refractivity contribution is 5.38. The molecule has 0 bridgehead atoms. The number of aryl methyl sites for hydroxylation is 1. The lowest BCUT2D eigenvalue weighted by Gasteiger charge is -1.99. The van der Waals surface area contributed by atoms with E-state index in [2.05, 4.69) is 36.9 Å². The van der Waals surface area contributed by atoms with E-state index in [1.807, 2.05) is 16.8 Å². The zero-order valence-electron chi connectivity index (χ0n) is 8.86. The fourth-order valence-corrected chi connectivity index (χ4v) is 1.39. The van der Waals surface area contributed by atoms with Crippen molar-refractivity contribution in [2.45, 2.75) is 33.1 Å². The summed E-state index contributed by atoms with van der Waals surface area (Å²) in [5, 5.41) is 4.45. The minimum Gasteiger partial charge on any atom is -0.221 e. The van der Waals surface area contributed by atoms with Gasteiger partial charge in [0.15, 0.2) is 11.5 Å². The maximum Gasteiger partial charge on any atom is 0.155 e. The lowest BCUT2D eigenvalue weighted by Crippen LogP contribution is -1.94. The molecule has 0 fully saturated rings. The van der Waals surface area contributed by atoms with E-state index < -0.39 is 0 Å². The zero-order valence-corrected chi connectivity index (χ0v) is 8.86. The van der Waals surface area contributed by atoms with Crippen LogP contribution in [0.15, 0.2) is 18.3 Å². The molecule has 3 nitrogen and oxygen atoms in total. The summed E-state index contributed by atoms with van der Waals surface area (Å²) in [4.78, 5) is 4.48. The lowest BCUT2D eigenvalue weighted by molar-refractivity contribution is 0.676. The van der Waals surface area contributed by atoms with Crippen LogP contribution in [0.3, 0.4) is 0 Å². The molecule has 14 heavy (non-hydrogen) atoms. The molecule has 1 atom stereocenters. The van der Waals surface area contributed by atoms with E-state index in [1.165, 1.54) is 5.56 Å². The molecule has 0 aliphatic heterocycles. The molecule has 3 heteroatoms. The van der Waals surface area contributed by atoms with E-state index in [1.54, 1.807) is 0 Å². The van der Waals surface area contributed by atoms with Gasteiger partial charge in [0.1, 0.15) is 0 Å². The molecule has 0 aliphatic rings. The Balaban J connectivity index is 2.51. The summed E-state index contributed by atoms with van der Waals surface area (Å²) in [6.45, 7) is 6.37. The van der Waals surface area contributed by atoms with Crippen molar-refractivity contribution in [3.8, 4) is 0 Å². The number of rotatable bonds is 2. The molecule has 0 radical (unpaired) electrons. The Morgan fingerprint density at radius 3 is 2.93 bits per heavy atom. The molecule has 0 aliphatic carbocycles. The quantitative estimate of drug-likeness (QED) is 0.726. The van der Waals surface area contributed by atoms with Gasteiger partial charge in [0.05, 0.1) is 0 Å². The molecule has 0 amide bonds. The van der Waals surface area contributed by atoms with E-state index in [4.69, 9.17) is 0 Å². The van der Waals surface area contributed by atoms with Crippen LogP contribution in [-0.4, -0.2) is 14.6 Å². The average Bonchev–Trinajstić information content (AvgIpc) is 2.59. The van der Waals surface area contributed by atoms with Crippen LogP contribution in [-0.2, 0) is 0 Å². The first kappa shape index (κ1) is 9.19. The summed E-state index contributed by atoms with van der Waals surface area (Å²) >= 11 is 0. The fourth-order valence-electron chi connectivity index (χ4n) is 1.39. The smallest absolute Gasteiger partial charge is 0.155 e. The second-order valence-corrected chi connectivity index (χ2v) is 3.79. The van der Waals surface area contributed by atoms with Gasteiger partial charge in [-0.15, -0.1) is 0 Å². The van der Waals surface area contributed by atoms with Crippen LogP contribution in [0, 0.1) is 6.92 Å². The lowest BCUT2D eigenvalue weighted by atomic mass is 10.1. The molecule has 2 aromatic heterocycles. The topological polar surface area (TPSA) is 30.2 Å². The molecule has 1 unspecified atom stereocenters. The average molecular weight is 189 g/mol. The SMILES string of the molecule is CCC(C)c1nc2ccc(C)cn2n1. The highest BCUT2D eigenvalue weighted by atomic mass is 15.3. The van der Waals surface area contributed by atoms with Crippen molar-refractivity contribution in [3.05, 3.63) is 29.7 Å². The predicted molar refractivity (Wildman–Crippen MR) is 56.4 cm³/mol. The number of aromatic nitrogens is 3. The van der Waals surface area contributed by atoms with Gasteiger partial charge < -0.3 is 0 Å². The largest absolute Gasteiger partial charge is 0.221 e. The minimum atomic E-state index is 0.440. The first-order chi connectivity index (χ1) is 6.70. The Morgan fingerprint density at radius 2 is 2.21 bits per heavy atom. The Morgan fingerprint density at radius 1 is 1.43 bits per heavy atom. The molecule has 0 spiro atoms. The van der Waals surface area contributed by atoms with E-state index in [9.17, 15) is 0 Å². The summed E-state index contributed by atoms with van der Waals surface area (Å²) in [7, 11) is 0. The second-order valence-electron chi connectivity index (χ2n) is 3.79. The van der Waals surface area contributed by atoms with Gasteiger partial charge in [-0.1, -0.05) is 19.9 Å². The number of nitrogens with zero attached hydrogens (tertiary/aromatic N) is 3. The van der Waals surface area contributed by atoms with Crippen LogP contribution in [0.1, 0.15) is 37.6 Å². The first-order valence-electron chi connectivity index (χ1n) is 5.03. The Hall–Kier alpha value is -1.38. The number of fused-ring (bicyclic) bond motifs is 1. The highest BCUT2D eigenvalue weighted by Crippen LogP contribution is 2.15.